The highest BCUT2D eigenvalue weighted by atomic mass is 31.2. The SMILES string of the molecule is CCCCCCOC(=O)C(C)(C)NP(=O)(CO[C@H](C)CN1C=CCc2c(N)ncnc21)NC1(C(=O)OCC(C)C)CC1. The van der Waals surface area contributed by atoms with Crippen molar-refractivity contribution in [1.82, 2.24) is 20.1 Å². The number of hydrogen-bond acceptors (Lipinski definition) is 10. The second kappa shape index (κ2) is 14.8. The maximum atomic E-state index is 14.5. The third-order valence-corrected chi connectivity index (χ3v) is 9.34. The lowest BCUT2D eigenvalue weighted by Crippen LogP contribution is -2.51. The Kier molecular flexibility index (Phi) is 11.9. The van der Waals surface area contributed by atoms with Gasteiger partial charge in [0.05, 0.1) is 25.9 Å². The van der Waals surface area contributed by atoms with Crippen LogP contribution in [-0.4, -0.2) is 65.2 Å². The molecule has 0 radical (unpaired) electrons. The predicted octanol–water partition coefficient (Wildman–Crippen LogP) is 4.30. The van der Waals surface area contributed by atoms with Crippen molar-refractivity contribution in [2.24, 2.45) is 5.92 Å². The number of aromatic nitrogens is 2. The summed E-state index contributed by atoms with van der Waals surface area (Å²) in [7, 11) is -3.69. The molecular weight excluding hydrogens is 559 g/mol. The molecule has 1 fully saturated rings. The van der Waals surface area contributed by atoms with Crippen LogP contribution in [0.2, 0.25) is 0 Å². The number of nitrogens with zero attached hydrogens (tertiary/aromatic N) is 3. The van der Waals surface area contributed by atoms with E-state index in [-0.39, 0.29) is 18.9 Å². The average Bonchev–Trinajstić information content (AvgIpc) is 3.70. The Bertz CT molecular complexity index is 1160. The lowest BCUT2D eigenvalue weighted by Gasteiger charge is -2.34. The third-order valence-electron chi connectivity index (χ3n) is 7.11. The molecule has 0 bridgehead atoms. The van der Waals surface area contributed by atoms with Crippen LogP contribution in [-0.2, 0) is 34.8 Å². The van der Waals surface area contributed by atoms with Gasteiger partial charge in [-0.15, -0.1) is 0 Å². The van der Waals surface area contributed by atoms with E-state index < -0.39 is 36.6 Å². The molecule has 2 heterocycles. The minimum absolute atomic E-state index is 0.166. The molecule has 2 atom stereocenters. The van der Waals surface area contributed by atoms with E-state index in [1.165, 1.54) is 6.33 Å². The van der Waals surface area contributed by atoms with Gasteiger partial charge in [-0.1, -0.05) is 46.1 Å². The van der Waals surface area contributed by atoms with Crippen molar-refractivity contribution in [1.29, 1.82) is 0 Å². The number of carbonyl (C=O) groups is 2. The van der Waals surface area contributed by atoms with Gasteiger partial charge in [0.1, 0.15) is 35.4 Å². The third kappa shape index (κ3) is 9.49. The number of unbranched alkanes of at least 4 members (excludes halogenated alkanes) is 3. The number of nitrogen functional groups attached to an aromatic ring is 1. The van der Waals surface area contributed by atoms with Crippen molar-refractivity contribution in [3.05, 3.63) is 24.2 Å². The Hall–Kier alpha value is -2.53. The Morgan fingerprint density at radius 1 is 1.17 bits per heavy atom. The number of nitrogens with two attached hydrogens (primary N) is 1. The normalized spacial score (nSPS) is 17.8. The lowest BCUT2D eigenvalue weighted by molar-refractivity contribution is -0.149. The first-order chi connectivity index (χ1) is 19.8. The molecular formula is C29H49N6O6P. The van der Waals surface area contributed by atoms with Crippen LogP contribution in [0.5, 0.6) is 0 Å². The molecule has 0 spiro atoms. The van der Waals surface area contributed by atoms with E-state index in [9.17, 15) is 14.2 Å². The highest BCUT2D eigenvalue weighted by molar-refractivity contribution is 7.59. The molecule has 1 aliphatic carbocycles. The summed E-state index contributed by atoms with van der Waals surface area (Å²) in [6.45, 7) is 12.1. The van der Waals surface area contributed by atoms with Crippen molar-refractivity contribution in [3.8, 4) is 0 Å². The van der Waals surface area contributed by atoms with Crippen LogP contribution in [0.3, 0.4) is 0 Å². The number of fused-ring (bicyclic) bond motifs is 1. The zero-order valence-corrected chi connectivity index (χ0v) is 26.9. The summed E-state index contributed by atoms with van der Waals surface area (Å²) in [6, 6.07) is 0. The van der Waals surface area contributed by atoms with E-state index >= 15 is 0 Å². The zero-order valence-electron chi connectivity index (χ0n) is 26.0. The molecule has 1 aromatic heterocycles. The predicted molar refractivity (Wildman–Crippen MR) is 163 cm³/mol. The summed E-state index contributed by atoms with van der Waals surface area (Å²) in [4.78, 5) is 36.4. The minimum Gasteiger partial charge on any atom is -0.464 e. The van der Waals surface area contributed by atoms with Gasteiger partial charge in [0, 0.05) is 11.8 Å². The maximum Gasteiger partial charge on any atom is 0.326 e. The Labute approximate surface area is 250 Å². The van der Waals surface area contributed by atoms with Gasteiger partial charge < -0.3 is 24.8 Å². The molecule has 3 rings (SSSR count). The molecule has 0 saturated heterocycles. The summed E-state index contributed by atoms with van der Waals surface area (Å²) in [5, 5.41) is 6.05. The van der Waals surface area contributed by atoms with E-state index in [0.717, 1.165) is 31.2 Å². The molecule has 0 amide bonds. The van der Waals surface area contributed by atoms with Gasteiger partial charge >= 0.3 is 11.9 Å². The van der Waals surface area contributed by atoms with Gasteiger partial charge in [0.15, 0.2) is 0 Å². The smallest absolute Gasteiger partial charge is 0.326 e. The number of hydrogen-bond donors (Lipinski definition) is 3. The first-order valence-corrected chi connectivity index (χ1v) is 16.9. The quantitative estimate of drug-likeness (QED) is 0.123. The Balaban J connectivity index is 1.70. The molecule has 1 unspecified atom stereocenters. The maximum absolute atomic E-state index is 14.5. The molecule has 12 nitrogen and oxygen atoms in total. The van der Waals surface area contributed by atoms with Crippen molar-refractivity contribution in [2.45, 2.75) is 104 Å². The van der Waals surface area contributed by atoms with Crippen LogP contribution in [0.15, 0.2) is 18.6 Å². The number of nitrogens with one attached hydrogen (secondary N) is 2. The zero-order chi connectivity index (χ0) is 31.0. The number of esters is 2. The Morgan fingerprint density at radius 2 is 1.90 bits per heavy atom. The standard InChI is InChI=1S/C29H49N6O6P/c1-7-8-9-10-16-39-26(36)28(5,6)33-42(38,34-29(13-14-29)27(37)40-18-21(2)3)20-41-22(4)17-35-15-11-12-23-24(30)31-19-32-25(23)35/h11,15,19,21-22H,7-10,12-14,16-18,20H2,1-6H3,(H2,30,31,32)(H2,33,34,38)/t22-,42?/m1/s1. The van der Waals surface area contributed by atoms with Gasteiger partial charge in [-0.2, -0.15) is 0 Å². The van der Waals surface area contributed by atoms with Crippen molar-refractivity contribution < 1.29 is 28.4 Å². The summed E-state index contributed by atoms with van der Waals surface area (Å²) < 4.78 is 31.6. The van der Waals surface area contributed by atoms with E-state index in [1.807, 2.05) is 37.9 Å². The topological polar surface area (TPSA) is 158 Å². The number of rotatable bonds is 18. The van der Waals surface area contributed by atoms with Crippen molar-refractivity contribution in [3.63, 3.8) is 0 Å². The summed E-state index contributed by atoms with van der Waals surface area (Å²) in [6.07, 6.45) is 10.1. The fourth-order valence-corrected chi connectivity index (χ4v) is 7.26. The van der Waals surface area contributed by atoms with Gasteiger partial charge in [0.25, 0.3) is 0 Å². The average molecular weight is 609 g/mol. The Morgan fingerprint density at radius 3 is 2.57 bits per heavy atom. The minimum atomic E-state index is -3.69. The van der Waals surface area contributed by atoms with Crippen LogP contribution < -0.4 is 20.8 Å². The molecule has 13 heteroatoms. The van der Waals surface area contributed by atoms with Crippen LogP contribution in [0.1, 0.15) is 85.6 Å². The highest BCUT2D eigenvalue weighted by Gasteiger charge is 2.56. The molecule has 42 heavy (non-hydrogen) atoms. The van der Waals surface area contributed by atoms with Gasteiger partial charge in [0.2, 0.25) is 7.44 Å². The summed E-state index contributed by atoms with van der Waals surface area (Å²) in [5.41, 5.74) is 4.48. The lowest BCUT2D eigenvalue weighted by atomic mass is 10.1. The summed E-state index contributed by atoms with van der Waals surface area (Å²) in [5.74, 6) is 0.329. The number of anilines is 2. The summed E-state index contributed by atoms with van der Waals surface area (Å²) >= 11 is 0. The van der Waals surface area contributed by atoms with Crippen LogP contribution in [0, 0.1) is 5.92 Å². The van der Waals surface area contributed by atoms with Gasteiger partial charge in [-0.25, -0.2) is 20.1 Å². The van der Waals surface area contributed by atoms with E-state index in [0.29, 0.717) is 44.0 Å². The molecule has 1 saturated carbocycles. The van der Waals surface area contributed by atoms with Crippen LogP contribution in [0.25, 0.3) is 0 Å². The van der Waals surface area contributed by atoms with Gasteiger partial charge in [-0.3, -0.25) is 14.2 Å². The second-order valence-corrected chi connectivity index (χ2v) is 14.5. The molecule has 0 aromatic carbocycles. The molecule has 2 aliphatic rings. The largest absolute Gasteiger partial charge is 0.464 e. The van der Waals surface area contributed by atoms with E-state index in [2.05, 4.69) is 27.1 Å². The number of carbonyl (C=O) groups excluding carboxylic acids is 2. The fourth-order valence-electron chi connectivity index (χ4n) is 4.61. The first-order valence-electron chi connectivity index (χ1n) is 15.0. The number of ether oxygens (including phenoxy) is 3. The molecule has 1 aromatic rings. The van der Waals surface area contributed by atoms with Crippen LogP contribution in [0.4, 0.5) is 11.6 Å². The van der Waals surface area contributed by atoms with E-state index in [1.54, 1.807) is 13.8 Å². The van der Waals surface area contributed by atoms with E-state index in [4.69, 9.17) is 19.9 Å². The van der Waals surface area contributed by atoms with Crippen LogP contribution >= 0.6 is 7.44 Å². The highest BCUT2D eigenvalue weighted by Crippen LogP contribution is 2.49. The fraction of sp³-hybridized carbons (Fsp3) is 0.724. The second-order valence-electron chi connectivity index (χ2n) is 12.3. The molecule has 1 aliphatic heterocycles. The monoisotopic (exact) mass is 608 g/mol. The van der Waals surface area contributed by atoms with Gasteiger partial charge in [-0.05, 0) is 52.4 Å². The molecule has 236 valence electrons. The first kappa shape index (κ1) is 34.0. The van der Waals surface area contributed by atoms with Crippen molar-refractivity contribution in [2.75, 3.05) is 36.7 Å². The molecule has 4 N–H and O–H groups in total. The van der Waals surface area contributed by atoms with Crippen molar-refractivity contribution >= 4 is 31.0 Å². The number of allylic oxidation sites excluding steroid dienone is 1.